The summed E-state index contributed by atoms with van der Waals surface area (Å²) in [5, 5.41) is 20.9. The van der Waals surface area contributed by atoms with Gasteiger partial charge < -0.3 is 37.0 Å². The van der Waals surface area contributed by atoms with Gasteiger partial charge in [-0.3, -0.25) is 24.0 Å². The Morgan fingerprint density at radius 2 is 1.42 bits per heavy atom. The van der Waals surface area contributed by atoms with E-state index in [1.165, 1.54) is 24.1 Å². The quantitative estimate of drug-likeness (QED) is 0.192. The molecule has 3 amide bonds. The molecular formula is C25H39ClN6O6. The molecule has 2 atom stereocenters. The van der Waals surface area contributed by atoms with Crippen LogP contribution in [-0.4, -0.2) is 68.0 Å². The minimum Gasteiger partial charge on any atom is -0.505 e. The first kappa shape index (κ1) is 34.4. The largest absolute Gasteiger partial charge is 0.505 e. The van der Waals surface area contributed by atoms with Crippen molar-refractivity contribution < 1.29 is 19.5 Å². The maximum atomic E-state index is 12.1. The van der Waals surface area contributed by atoms with Gasteiger partial charge in [0.05, 0.1) is 17.3 Å². The number of carbonyl (C=O) groups is 3. The van der Waals surface area contributed by atoms with Gasteiger partial charge in [0.25, 0.3) is 16.8 Å². The molecule has 12 nitrogen and oxygen atoms in total. The van der Waals surface area contributed by atoms with Crippen LogP contribution in [-0.2, 0) is 9.59 Å². The summed E-state index contributed by atoms with van der Waals surface area (Å²) >= 11 is 0. The number of hydrogen-bond acceptors (Lipinski definition) is 9. The minimum absolute atomic E-state index is 0. The summed E-state index contributed by atoms with van der Waals surface area (Å²) in [5.74, 6) is -1.10. The molecule has 212 valence electrons. The molecule has 0 aromatic heterocycles. The molecule has 13 heteroatoms. The second-order valence-electron chi connectivity index (χ2n) is 9.30. The molecule has 0 aliphatic heterocycles. The van der Waals surface area contributed by atoms with E-state index in [1.807, 2.05) is 13.8 Å². The number of anilines is 3. The Balaban J connectivity index is 0.00000118. The van der Waals surface area contributed by atoms with E-state index >= 15 is 0 Å². The maximum absolute atomic E-state index is 12.1. The third-order valence-electron chi connectivity index (χ3n) is 5.61. The molecule has 0 heterocycles. The van der Waals surface area contributed by atoms with Crippen LogP contribution in [0, 0.1) is 11.8 Å². The first-order chi connectivity index (χ1) is 17.2. The molecule has 2 rings (SSSR count). The molecule has 0 radical (unpaired) electrons. The number of hydrogen-bond donors (Lipinski definition) is 6. The summed E-state index contributed by atoms with van der Waals surface area (Å²) in [4.78, 5) is 60.2. The third kappa shape index (κ3) is 8.18. The summed E-state index contributed by atoms with van der Waals surface area (Å²) < 4.78 is 0. The van der Waals surface area contributed by atoms with Crippen molar-refractivity contribution >= 4 is 47.2 Å². The molecule has 0 aliphatic rings. The van der Waals surface area contributed by atoms with E-state index in [9.17, 15) is 29.1 Å². The summed E-state index contributed by atoms with van der Waals surface area (Å²) in [6.45, 7) is 7.43. The Morgan fingerprint density at radius 3 is 1.84 bits per heavy atom. The van der Waals surface area contributed by atoms with E-state index in [4.69, 9.17) is 5.73 Å². The lowest BCUT2D eigenvalue weighted by Crippen LogP contribution is -2.46. The molecule has 2 aromatic carbocycles. The zero-order valence-corrected chi connectivity index (χ0v) is 23.8. The second kappa shape index (κ2) is 14.9. The molecule has 0 spiro atoms. The van der Waals surface area contributed by atoms with Crippen LogP contribution in [0.4, 0.5) is 17.1 Å². The molecule has 2 aromatic rings. The van der Waals surface area contributed by atoms with Crippen molar-refractivity contribution in [2.24, 2.45) is 17.6 Å². The van der Waals surface area contributed by atoms with E-state index < -0.39 is 22.8 Å². The van der Waals surface area contributed by atoms with Gasteiger partial charge in [-0.05, 0) is 24.0 Å². The fraction of sp³-hybridized carbons (Fsp3) is 0.480. The third-order valence-corrected chi connectivity index (χ3v) is 5.61. The first-order valence-corrected chi connectivity index (χ1v) is 11.8. The highest BCUT2D eigenvalue weighted by Gasteiger charge is 2.29. The smallest absolute Gasteiger partial charge is 0.257 e. The van der Waals surface area contributed by atoms with E-state index in [0.717, 1.165) is 0 Å². The normalized spacial score (nSPS) is 12.0. The van der Waals surface area contributed by atoms with Gasteiger partial charge in [-0.25, -0.2) is 0 Å². The van der Waals surface area contributed by atoms with E-state index in [-0.39, 0.29) is 70.5 Å². The number of phenols is 1. The number of carbonyl (C=O) groups excluding carboxylic acids is 3. The zero-order chi connectivity index (χ0) is 28.6. The summed E-state index contributed by atoms with van der Waals surface area (Å²) in [6, 6.07) is 3.38. The highest BCUT2D eigenvalue weighted by atomic mass is 35.5. The number of nitrogens with two attached hydrogens (primary N) is 1. The Morgan fingerprint density at radius 1 is 0.895 bits per heavy atom. The van der Waals surface area contributed by atoms with Gasteiger partial charge in [0.1, 0.15) is 17.4 Å². The molecule has 0 aliphatic carbocycles. The van der Waals surface area contributed by atoms with Crippen molar-refractivity contribution in [1.82, 2.24) is 15.5 Å². The van der Waals surface area contributed by atoms with Crippen molar-refractivity contribution in [3.63, 3.8) is 0 Å². The van der Waals surface area contributed by atoms with Gasteiger partial charge >= 0.3 is 0 Å². The fourth-order valence-corrected chi connectivity index (χ4v) is 3.16. The monoisotopic (exact) mass is 554 g/mol. The molecule has 0 saturated carbocycles. The number of phenolic OH excluding ortho intramolecular Hbond substituents is 1. The first-order valence-electron chi connectivity index (χ1n) is 11.8. The Hall–Kier alpha value is -3.64. The van der Waals surface area contributed by atoms with Crippen LogP contribution in [0.25, 0.3) is 0 Å². The van der Waals surface area contributed by atoms with Crippen LogP contribution >= 0.6 is 12.4 Å². The summed E-state index contributed by atoms with van der Waals surface area (Å²) in [6.07, 6.45) is 0. The van der Waals surface area contributed by atoms with Crippen LogP contribution in [0.1, 0.15) is 38.1 Å². The molecular weight excluding hydrogens is 516 g/mol. The number of nitrogens with zero attached hydrogens (tertiary/aromatic N) is 1. The number of likely N-dealkylation sites (N-methyl/N-ethyl adjacent to an activating group) is 2. The number of para-hydroxylation sites is 1. The molecule has 7 N–H and O–H groups in total. The molecule has 0 bridgehead atoms. The fourth-order valence-electron chi connectivity index (χ4n) is 3.16. The average molecular weight is 555 g/mol. The lowest BCUT2D eigenvalue weighted by atomic mass is 10.0. The van der Waals surface area contributed by atoms with E-state index in [0.29, 0.717) is 0 Å². The number of nitrogens with one attached hydrogen (secondary N) is 4. The highest BCUT2D eigenvalue weighted by molar-refractivity contribution is 5.99. The van der Waals surface area contributed by atoms with Crippen LogP contribution < -0.4 is 37.9 Å². The number of amides is 3. The maximum Gasteiger partial charge on any atom is 0.257 e. The lowest BCUT2D eigenvalue weighted by Gasteiger charge is -2.24. The van der Waals surface area contributed by atoms with Crippen LogP contribution in [0.5, 0.6) is 5.75 Å². The van der Waals surface area contributed by atoms with Crippen LogP contribution in [0.2, 0.25) is 0 Å². The predicted octanol–water partition coefficient (Wildman–Crippen LogP) is 0.754. The number of rotatable bonds is 9. The summed E-state index contributed by atoms with van der Waals surface area (Å²) in [7, 11) is 6.16. The van der Waals surface area contributed by atoms with Gasteiger partial charge in [-0.2, -0.15) is 0 Å². The predicted molar refractivity (Wildman–Crippen MR) is 151 cm³/mol. The van der Waals surface area contributed by atoms with Crippen molar-refractivity contribution in [3.8, 4) is 5.75 Å². The van der Waals surface area contributed by atoms with Crippen LogP contribution in [0.3, 0.4) is 0 Å². The van der Waals surface area contributed by atoms with Gasteiger partial charge in [0.15, 0.2) is 5.75 Å². The topological polar surface area (TPSA) is 183 Å². The second-order valence-corrected chi connectivity index (χ2v) is 9.30. The number of aromatic hydroxyl groups is 1. The van der Waals surface area contributed by atoms with Crippen molar-refractivity contribution in [3.05, 3.63) is 44.2 Å². The Labute approximate surface area is 228 Å². The van der Waals surface area contributed by atoms with Crippen molar-refractivity contribution in [2.75, 3.05) is 38.8 Å². The van der Waals surface area contributed by atoms with E-state index in [1.54, 1.807) is 41.1 Å². The van der Waals surface area contributed by atoms with Crippen molar-refractivity contribution in [1.29, 1.82) is 0 Å². The number of benzene rings is 1. The van der Waals surface area contributed by atoms with Gasteiger partial charge in [0, 0.05) is 28.2 Å². The summed E-state index contributed by atoms with van der Waals surface area (Å²) in [5.41, 5.74) is 3.99. The zero-order valence-electron chi connectivity index (χ0n) is 23.0. The minimum atomic E-state index is -0.773. The molecule has 38 heavy (non-hydrogen) atoms. The van der Waals surface area contributed by atoms with Gasteiger partial charge in [-0.15, -0.1) is 12.4 Å². The van der Waals surface area contributed by atoms with E-state index in [2.05, 4.69) is 21.3 Å². The van der Waals surface area contributed by atoms with Crippen molar-refractivity contribution in [2.45, 2.75) is 39.8 Å². The molecule has 0 saturated heterocycles. The average Bonchev–Trinajstić information content (AvgIpc) is 2.86. The van der Waals surface area contributed by atoms with Gasteiger partial charge in [-0.1, -0.05) is 33.8 Å². The Kier molecular flexibility index (Phi) is 13.5. The SMILES string of the molecule is CNC(=O)[C@H](N)C(C)C.CNC(=O)[C@H](Nc1c(Nc2cccc(C(=O)N(C)C)c2O)c(=O)c1=O)C(C)C.Cl. The number of halogens is 1. The Bertz CT molecular complexity index is 1190. The lowest BCUT2D eigenvalue weighted by molar-refractivity contribution is -0.123. The van der Waals surface area contributed by atoms with Crippen LogP contribution in [0.15, 0.2) is 27.8 Å². The van der Waals surface area contributed by atoms with Gasteiger partial charge in [0.2, 0.25) is 11.8 Å². The highest BCUT2D eigenvalue weighted by Crippen LogP contribution is 2.32. The molecule has 0 fully saturated rings. The standard InChI is InChI=1S/C19H24N4O5.C6H14N2O.ClH/c1-9(2)12(18(27)20-3)22-14-13(16(25)17(14)26)21-11-8-6-7-10(15(11)24)19(28)23(4)5;1-4(2)5(7)6(9)8-3;/h6-9,12,21-22,24H,1-5H3,(H,20,27);4-5H,7H2,1-3H3,(H,8,9);1H/t12-;5-;/m11./s1. The molecule has 0 unspecified atom stereocenters.